The SMILES string of the molecule is CC1CC(NC(=O)COc2ccc(I)cc2)CCN1. The molecular formula is C14H19IN2O2. The third kappa shape index (κ3) is 4.99. The van der Waals surface area contributed by atoms with Crippen molar-refractivity contribution in [2.24, 2.45) is 0 Å². The summed E-state index contributed by atoms with van der Waals surface area (Å²) in [6.07, 6.45) is 1.97. The van der Waals surface area contributed by atoms with E-state index in [4.69, 9.17) is 4.74 Å². The van der Waals surface area contributed by atoms with Crippen LogP contribution in [0, 0.1) is 3.57 Å². The van der Waals surface area contributed by atoms with Gasteiger partial charge in [0.15, 0.2) is 6.61 Å². The van der Waals surface area contributed by atoms with Crippen molar-refractivity contribution in [1.82, 2.24) is 10.6 Å². The van der Waals surface area contributed by atoms with Crippen molar-refractivity contribution in [3.63, 3.8) is 0 Å². The highest BCUT2D eigenvalue weighted by Crippen LogP contribution is 2.13. The van der Waals surface area contributed by atoms with Gasteiger partial charge in [0.25, 0.3) is 5.91 Å². The van der Waals surface area contributed by atoms with E-state index in [0.29, 0.717) is 6.04 Å². The van der Waals surface area contributed by atoms with Gasteiger partial charge in [-0.1, -0.05) is 0 Å². The number of rotatable bonds is 4. The highest BCUT2D eigenvalue weighted by atomic mass is 127. The predicted octanol–water partition coefficient (Wildman–Crippen LogP) is 1.93. The van der Waals surface area contributed by atoms with Gasteiger partial charge in [-0.25, -0.2) is 0 Å². The zero-order chi connectivity index (χ0) is 13.7. The van der Waals surface area contributed by atoms with Gasteiger partial charge in [0.1, 0.15) is 5.75 Å². The van der Waals surface area contributed by atoms with E-state index >= 15 is 0 Å². The summed E-state index contributed by atoms with van der Waals surface area (Å²) in [5.74, 6) is 0.687. The molecule has 1 saturated heterocycles. The molecule has 1 amide bonds. The van der Waals surface area contributed by atoms with Crippen LogP contribution in [-0.4, -0.2) is 31.1 Å². The first kappa shape index (κ1) is 14.6. The van der Waals surface area contributed by atoms with Gasteiger partial charge in [-0.2, -0.15) is 0 Å². The van der Waals surface area contributed by atoms with E-state index in [9.17, 15) is 4.79 Å². The van der Waals surface area contributed by atoms with Crippen molar-refractivity contribution in [2.45, 2.75) is 31.8 Å². The lowest BCUT2D eigenvalue weighted by Crippen LogP contribution is -2.47. The minimum Gasteiger partial charge on any atom is -0.484 e. The van der Waals surface area contributed by atoms with Crippen LogP contribution >= 0.6 is 22.6 Å². The molecule has 0 saturated carbocycles. The topological polar surface area (TPSA) is 50.4 Å². The van der Waals surface area contributed by atoms with E-state index < -0.39 is 0 Å². The lowest BCUT2D eigenvalue weighted by atomic mass is 10.0. The van der Waals surface area contributed by atoms with Crippen molar-refractivity contribution < 1.29 is 9.53 Å². The monoisotopic (exact) mass is 374 g/mol. The third-order valence-corrected chi connectivity index (χ3v) is 3.89. The molecule has 1 aliphatic rings. The van der Waals surface area contributed by atoms with Crippen LogP contribution in [0.4, 0.5) is 0 Å². The Kier molecular flexibility index (Phi) is 5.45. The number of carbonyl (C=O) groups excluding carboxylic acids is 1. The van der Waals surface area contributed by atoms with Crippen LogP contribution in [0.5, 0.6) is 5.75 Å². The molecule has 1 aromatic rings. The maximum atomic E-state index is 11.8. The summed E-state index contributed by atoms with van der Waals surface area (Å²) in [6, 6.07) is 8.41. The number of nitrogens with one attached hydrogen (secondary N) is 2. The molecule has 2 rings (SSSR count). The Morgan fingerprint density at radius 1 is 1.47 bits per heavy atom. The normalized spacial score (nSPS) is 22.8. The van der Waals surface area contributed by atoms with Gasteiger partial charge in [-0.05, 0) is 73.2 Å². The van der Waals surface area contributed by atoms with Crippen molar-refractivity contribution in [3.8, 4) is 5.75 Å². The average Bonchev–Trinajstić information content (AvgIpc) is 2.38. The van der Waals surface area contributed by atoms with E-state index in [2.05, 4.69) is 40.1 Å². The van der Waals surface area contributed by atoms with E-state index in [0.717, 1.165) is 28.7 Å². The van der Waals surface area contributed by atoms with Crippen LogP contribution in [-0.2, 0) is 4.79 Å². The van der Waals surface area contributed by atoms with Gasteiger partial charge in [-0.15, -0.1) is 0 Å². The van der Waals surface area contributed by atoms with Crippen molar-refractivity contribution in [3.05, 3.63) is 27.8 Å². The Hall–Kier alpha value is -0.820. The Morgan fingerprint density at radius 3 is 2.89 bits per heavy atom. The number of piperidine rings is 1. The number of ether oxygens (including phenoxy) is 1. The van der Waals surface area contributed by atoms with E-state index in [1.807, 2.05) is 24.3 Å². The summed E-state index contributed by atoms with van der Waals surface area (Å²) >= 11 is 2.24. The summed E-state index contributed by atoms with van der Waals surface area (Å²) in [5, 5.41) is 6.39. The average molecular weight is 374 g/mol. The molecule has 5 heteroatoms. The van der Waals surface area contributed by atoms with E-state index in [-0.39, 0.29) is 18.6 Å². The molecule has 4 nitrogen and oxygen atoms in total. The van der Waals surface area contributed by atoms with Gasteiger partial charge < -0.3 is 15.4 Å². The lowest BCUT2D eigenvalue weighted by Gasteiger charge is -2.28. The smallest absolute Gasteiger partial charge is 0.258 e. The molecule has 104 valence electrons. The number of benzene rings is 1. The second-order valence-corrected chi connectivity index (χ2v) is 6.13. The zero-order valence-electron chi connectivity index (χ0n) is 11.0. The molecule has 1 aromatic carbocycles. The third-order valence-electron chi connectivity index (χ3n) is 3.17. The maximum absolute atomic E-state index is 11.8. The van der Waals surface area contributed by atoms with Gasteiger partial charge in [0, 0.05) is 15.7 Å². The Labute approximate surface area is 127 Å². The van der Waals surface area contributed by atoms with Gasteiger partial charge in [0.05, 0.1) is 0 Å². The number of halogens is 1. The summed E-state index contributed by atoms with van der Waals surface area (Å²) in [6.45, 7) is 3.18. The molecule has 0 radical (unpaired) electrons. The summed E-state index contributed by atoms with van der Waals surface area (Å²) < 4.78 is 6.61. The quantitative estimate of drug-likeness (QED) is 0.792. The molecule has 0 aromatic heterocycles. The van der Waals surface area contributed by atoms with Gasteiger partial charge in [0.2, 0.25) is 0 Å². The zero-order valence-corrected chi connectivity index (χ0v) is 13.1. The molecule has 0 bridgehead atoms. The summed E-state index contributed by atoms with van der Waals surface area (Å²) in [7, 11) is 0. The molecule has 1 fully saturated rings. The van der Waals surface area contributed by atoms with Gasteiger partial charge >= 0.3 is 0 Å². The number of amides is 1. The van der Waals surface area contributed by atoms with Crippen LogP contribution in [0.2, 0.25) is 0 Å². The molecule has 0 aliphatic carbocycles. The number of hydrogen-bond acceptors (Lipinski definition) is 3. The van der Waals surface area contributed by atoms with Crippen LogP contribution < -0.4 is 15.4 Å². The standard InChI is InChI=1S/C14H19IN2O2/c1-10-8-12(6-7-16-10)17-14(18)9-19-13-4-2-11(15)3-5-13/h2-5,10,12,16H,6-9H2,1H3,(H,17,18). The fourth-order valence-electron chi connectivity index (χ4n) is 2.21. The fourth-order valence-corrected chi connectivity index (χ4v) is 2.57. The summed E-state index contributed by atoms with van der Waals surface area (Å²) in [4.78, 5) is 11.8. The molecule has 1 aliphatic heterocycles. The molecule has 2 unspecified atom stereocenters. The first-order valence-electron chi connectivity index (χ1n) is 6.54. The predicted molar refractivity (Wildman–Crippen MR) is 83.3 cm³/mol. The van der Waals surface area contributed by atoms with Crippen LogP contribution in [0.1, 0.15) is 19.8 Å². The maximum Gasteiger partial charge on any atom is 0.258 e. The molecule has 2 atom stereocenters. The minimum absolute atomic E-state index is 0.0438. The van der Waals surface area contributed by atoms with E-state index in [1.54, 1.807) is 0 Å². The molecule has 2 N–H and O–H groups in total. The Morgan fingerprint density at radius 2 is 2.21 bits per heavy atom. The summed E-state index contributed by atoms with van der Waals surface area (Å²) in [5.41, 5.74) is 0. The number of carbonyl (C=O) groups is 1. The highest BCUT2D eigenvalue weighted by molar-refractivity contribution is 14.1. The molecule has 0 spiro atoms. The second-order valence-electron chi connectivity index (χ2n) is 4.89. The van der Waals surface area contributed by atoms with Gasteiger partial charge in [-0.3, -0.25) is 4.79 Å². The van der Waals surface area contributed by atoms with E-state index in [1.165, 1.54) is 0 Å². The lowest BCUT2D eigenvalue weighted by molar-refractivity contribution is -0.124. The second kappa shape index (κ2) is 7.09. The fraction of sp³-hybridized carbons (Fsp3) is 0.500. The molecule has 19 heavy (non-hydrogen) atoms. The molecular weight excluding hydrogens is 355 g/mol. The Bertz CT molecular complexity index is 422. The first-order valence-corrected chi connectivity index (χ1v) is 7.62. The van der Waals surface area contributed by atoms with Crippen LogP contribution in [0.15, 0.2) is 24.3 Å². The van der Waals surface area contributed by atoms with Crippen LogP contribution in [0.25, 0.3) is 0 Å². The van der Waals surface area contributed by atoms with Crippen molar-refractivity contribution in [2.75, 3.05) is 13.2 Å². The van der Waals surface area contributed by atoms with Crippen molar-refractivity contribution >= 4 is 28.5 Å². The highest BCUT2D eigenvalue weighted by Gasteiger charge is 2.19. The largest absolute Gasteiger partial charge is 0.484 e. The minimum atomic E-state index is -0.0438. The first-order chi connectivity index (χ1) is 9.13. The number of hydrogen-bond donors (Lipinski definition) is 2. The Balaban J connectivity index is 1.73. The van der Waals surface area contributed by atoms with Crippen LogP contribution in [0.3, 0.4) is 0 Å². The van der Waals surface area contributed by atoms with Crippen molar-refractivity contribution in [1.29, 1.82) is 0 Å². The molecule has 1 heterocycles.